The molecule has 4 nitrogen and oxygen atoms in total. The molecule has 1 saturated heterocycles. The number of hydrogen-bond acceptors (Lipinski definition) is 3. The van der Waals surface area contributed by atoms with Crippen LogP contribution in [0.3, 0.4) is 0 Å². The Bertz CT molecular complexity index is 763. The first-order chi connectivity index (χ1) is 11.0. The molecule has 3 rings (SSSR count). The minimum atomic E-state index is -3.47. The highest BCUT2D eigenvalue weighted by molar-refractivity contribution is 7.89. The van der Waals surface area contributed by atoms with Crippen molar-refractivity contribution in [3.8, 4) is 0 Å². The smallest absolute Gasteiger partial charge is 0.243 e. The Morgan fingerprint density at radius 1 is 1.00 bits per heavy atom. The van der Waals surface area contributed by atoms with E-state index in [9.17, 15) is 8.42 Å². The maximum absolute atomic E-state index is 12.8. The third-order valence-electron chi connectivity index (χ3n) is 4.13. The molecule has 2 aromatic rings. The van der Waals surface area contributed by atoms with Crippen LogP contribution in [0, 0.1) is 0 Å². The monoisotopic (exact) mass is 350 g/mol. The Balaban J connectivity index is 1.78. The van der Waals surface area contributed by atoms with Crippen LogP contribution in [0.5, 0.6) is 0 Å². The third-order valence-corrected chi connectivity index (χ3v) is 6.26. The molecule has 23 heavy (non-hydrogen) atoms. The minimum Gasteiger partial charge on any atom is -0.366 e. The Morgan fingerprint density at radius 3 is 2.26 bits per heavy atom. The summed E-state index contributed by atoms with van der Waals surface area (Å²) in [6.07, 6.45) is 0. The maximum Gasteiger partial charge on any atom is 0.243 e. The van der Waals surface area contributed by atoms with Crippen LogP contribution in [-0.2, 0) is 10.0 Å². The van der Waals surface area contributed by atoms with Gasteiger partial charge in [0.15, 0.2) is 0 Å². The van der Waals surface area contributed by atoms with Gasteiger partial charge in [0.25, 0.3) is 0 Å². The topological polar surface area (TPSA) is 40.6 Å². The van der Waals surface area contributed by atoms with Crippen molar-refractivity contribution in [1.82, 2.24) is 4.31 Å². The third kappa shape index (κ3) is 3.37. The molecule has 6 heteroatoms. The van der Waals surface area contributed by atoms with Crippen molar-refractivity contribution in [1.29, 1.82) is 0 Å². The van der Waals surface area contributed by atoms with Crippen molar-refractivity contribution < 1.29 is 8.42 Å². The van der Waals surface area contributed by atoms with Gasteiger partial charge in [0.1, 0.15) is 0 Å². The summed E-state index contributed by atoms with van der Waals surface area (Å²) in [6, 6.07) is 16.6. The molecule has 1 atom stereocenters. The number of benzene rings is 2. The Morgan fingerprint density at radius 2 is 1.65 bits per heavy atom. The molecule has 0 radical (unpaired) electrons. The van der Waals surface area contributed by atoms with Gasteiger partial charge in [-0.1, -0.05) is 29.8 Å². The first kappa shape index (κ1) is 16.3. The van der Waals surface area contributed by atoms with Gasteiger partial charge in [0.2, 0.25) is 10.0 Å². The molecule has 0 saturated carbocycles. The Labute approximate surface area is 142 Å². The first-order valence-corrected chi connectivity index (χ1v) is 9.38. The highest BCUT2D eigenvalue weighted by Crippen LogP contribution is 2.24. The molecule has 0 unspecified atom stereocenters. The fourth-order valence-corrected chi connectivity index (χ4v) is 4.54. The van der Waals surface area contributed by atoms with E-state index >= 15 is 0 Å². The van der Waals surface area contributed by atoms with Crippen LogP contribution >= 0.6 is 11.6 Å². The molecule has 0 spiro atoms. The molecule has 2 aromatic carbocycles. The Hall–Kier alpha value is -1.56. The van der Waals surface area contributed by atoms with Crippen LogP contribution in [0.2, 0.25) is 5.02 Å². The van der Waals surface area contributed by atoms with Crippen molar-refractivity contribution in [3.05, 3.63) is 59.6 Å². The van der Waals surface area contributed by atoms with Crippen molar-refractivity contribution in [2.45, 2.75) is 17.9 Å². The highest BCUT2D eigenvalue weighted by Gasteiger charge is 2.32. The molecule has 1 aliphatic rings. The second-order valence-corrected chi connectivity index (χ2v) is 8.07. The van der Waals surface area contributed by atoms with Gasteiger partial charge in [-0.15, -0.1) is 0 Å². The average Bonchev–Trinajstić information content (AvgIpc) is 2.56. The highest BCUT2D eigenvalue weighted by atomic mass is 35.5. The lowest BCUT2D eigenvalue weighted by Gasteiger charge is -2.40. The van der Waals surface area contributed by atoms with Crippen LogP contribution in [0.1, 0.15) is 6.92 Å². The first-order valence-electron chi connectivity index (χ1n) is 7.56. The number of halogens is 1. The largest absolute Gasteiger partial charge is 0.366 e. The molecular weight excluding hydrogens is 332 g/mol. The van der Waals surface area contributed by atoms with E-state index in [0.29, 0.717) is 29.6 Å². The van der Waals surface area contributed by atoms with Crippen molar-refractivity contribution >= 4 is 27.3 Å². The van der Waals surface area contributed by atoms with Crippen molar-refractivity contribution in [2.75, 3.05) is 24.5 Å². The predicted molar refractivity (Wildman–Crippen MR) is 93.5 cm³/mol. The zero-order valence-electron chi connectivity index (χ0n) is 12.9. The number of rotatable bonds is 3. The molecule has 0 aromatic heterocycles. The van der Waals surface area contributed by atoms with E-state index in [0.717, 1.165) is 5.69 Å². The van der Waals surface area contributed by atoms with E-state index in [1.807, 2.05) is 18.2 Å². The summed E-state index contributed by atoms with van der Waals surface area (Å²) < 4.78 is 27.1. The summed E-state index contributed by atoms with van der Waals surface area (Å²) in [4.78, 5) is 2.54. The molecule has 122 valence electrons. The maximum atomic E-state index is 12.8. The van der Waals surface area contributed by atoms with E-state index in [2.05, 4.69) is 24.0 Å². The van der Waals surface area contributed by atoms with E-state index in [4.69, 9.17) is 11.6 Å². The second-order valence-electron chi connectivity index (χ2n) is 5.69. The van der Waals surface area contributed by atoms with E-state index in [-0.39, 0.29) is 6.04 Å². The summed E-state index contributed by atoms with van der Waals surface area (Å²) in [6.45, 7) is 3.68. The number of hydrogen-bond donors (Lipinski definition) is 0. The van der Waals surface area contributed by atoms with Crippen molar-refractivity contribution in [2.24, 2.45) is 0 Å². The van der Waals surface area contributed by atoms with Crippen LogP contribution < -0.4 is 4.90 Å². The van der Waals surface area contributed by atoms with Crippen LogP contribution in [0.15, 0.2) is 59.5 Å². The number of nitrogens with zero attached hydrogens (tertiary/aromatic N) is 2. The lowest BCUT2D eigenvalue weighted by Crippen LogP contribution is -2.53. The average molecular weight is 351 g/mol. The van der Waals surface area contributed by atoms with Gasteiger partial charge in [0.05, 0.1) is 4.90 Å². The van der Waals surface area contributed by atoms with Gasteiger partial charge in [0, 0.05) is 36.4 Å². The lowest BCUT2D eigenvalue weighted by molar-refractivity contribution is 0.342. The van der Waals surface area contributed by atoms with E-state index < -0.39 is 10.0 Å². The molecule has 1 heterocycles. The van der Waals surface area contributed by atoms with Crippen LogP contribution in [-0.4, -0.2) is 38.4 Å². The molecule has 0 N–H and O–H groups in total. The second kappa shape index (κ2) is 6.51. The summed E-state index contributed by atoms with van der Waals surface area (Å²) in [5.41, 5.74) is 1.13. The number of anilines is 1. The van der Waals surface area contributed by atoms with E-state index in [1.54, 1.807) is 28.6 Å². The molecule has 0 amide bonds. The quantitative estimate of drug-likeness (QED) is 0.853. The fraction of sp³-hybridized carbons (Fsp3) is 0.294. The molecule has 1 aliphatic heterocycles. The lowest BCUT2D eigenvalue weighted by atomic mass is 10.2. The molecule has 1 fully saturated rings. The Kier molecular flexibility index (Phi) is 4.62. The van der Waals surface area contributed by atoms with Crippen LogP contribution in [0.4, 0.5) is 5.69 Å². The summed E-state index contributed by atoms with van der Waals surface area (Å²) in [5.74, 6) is 0. The number of piperazine rings is 1. The van der Waals surface area contributed by atoms with Gasteiger partial charge in [-0.25, -0.2) is 8.42 Å². The fourth-order valence-electron chi connectivity index (χ4n) is 2.90. The molecular formula is C17H19ClN2O2S. The van der Waals surface area contributed by atoms with Gasteiger partial charge >= 0.3 is 0 Å². The number of para-hydroxylation sites is 1. The molecule has 0 aliphatic carbocycles. The summed E-state index contributed by atoms with van der Waals surface area (Å²) in [7, 11) is -3.47. The number of sulfonamides is 1. The van der Waals surface area contributed by atoms with Gasteiger partial charge in [-0.2, -0.15) is 4.31 Å². The predicted octanol–water partition coefficient (Wildman–Crippen LogP) is 3.24. The normalized spacial score (nSPS) is 19.7. The van der Waals surface area contributed by atoms with Gasteiger partial charge < -0.3 is 4.90 Å². The van der Waals surface area contributed by atoms with Gasteiger partial charge in [-0.3, -0.25) is 0 Å². The molecule has 0 bridgehead atoms. The van der Waals surface area contributed by atoms with E-state index in [1.165, 1.54) is 0 Å². The van der Waals surface area contributed by atoms with Gasteiger partial charge in [-0.05, 0) is 43.3 Å². The SMILES string of the molecule is C[C@H]1CN(S(=O)(=O)c2ccc(Cl)cc2)CCN1c1ccccc1. The zero-order valence-corrected chi connectivity index (χ0v) is 14.5. The van der Waals surface area contributed by atoms with Crippen LogP contribution in [0.25, 0.3) is 0 Å². The summed E-state index contributed by atoms with van der Waals surface area (Å²) in [5, 5.41) is 0.534. The standard InChI is InChI=1S/C17H19ClN2O2S/c1-14-13-19(11-12-20(14)16-5-3-2-4-6-16)23(21,22)17-9-7-15(18)8-10-17/h2-10,14H,11-13H2,1H3/t14-/m0/s1. The zero-order chi connectivity index (χ0) is 16.4. The van der Waals surface area contributed by atoms with Crippen molar-refractivity contribution in [3.63, 3.8) is 0 Å². The minimum absolute atomic E-state index is 0.119. The summed E-state index contributed by atoms with van der Waals surface area (Å²) >= 11 is 5.84.